The summed E-state index contributed by atoms with van der Waals surface area (Å²) in [5.41, 5.74) is 2.53. The Morgan fingerprint density at radius 3 is 2.31 bits per heavy atom. The van der Waals surface area contributed by atoms with Crippen molar-refractivity contribution < 1.29 is 13.2 Å². The fourth-order valence-corrected chi connectivity index (χ4v) is 5.07. The highest BCUT2D eigenvalue weighted by Gasteiger charge is 2.29. The molecule has 0 aliphatic carbocycles. The molecule has 1 amide bonds. The molecule has 3 rings (SSSR count). The Bertz CT molecular complexity index is 1170. The Balaban J connectivity index is 1.73. The number of benzene rings is 3. The molecule has 32 heavy (non-hydrogen) atoms. The molecule has 0 saturated carbocycles. The number of rotatable bonds is 9. The molecule has 0 spiro atoms. The van der Waals surface area contributed by atoms with Crippen LogP contribution in [0.1, 0.15) is 17.5 Å². The lowest BCUT2D eigenvalue weighted by Crippen LogP contribution is -2.41. The first kappa shape index (κ1) is 24.1. The SMILES string of the molecule is Cc1ccc(CCCNC(=O)CN(c2cccc(Cl)c2Cl)S(=O)(=O)c2ccccc2)cc1. The third kappa shape index (κ3) is 6.03. The largest absolute Gasteiger partial charge is 0.355 e. The van der Waals surface area contributed by atoms with Crippen LogP contribution in [0, 0.1) is 6.92 Å². The Morgan fingerprint density at radius 2 is 1.62 bits per heavy atom. The Labute approximate surface area is 199 Å². The molecule has 0 atom stereocenters. The number of carbonyl (C=O) groups excluding carboxylic acids is 1. The van der Waals surface area contributed by atoms with E-state index in [1.165, 1.54) is 29.3 Å². The van der Waals surface area contributed by atoms with Crippen molar-refractivity contribution in [2.45, 2.75) is 24.7 Å². The normalized spacial score (nSPS) is 11.2. The summed E-state index contributed by atoms with van der Waals surface area (Å²) in [5.74, 6) is -0.426. The topological polar surface area (TPSA) is 66.5 Å². The molecule has 3 aromatic rings. The maximum atomic E-state index is 13.3. The fraction of sp³-hybridized carbons (Fsp3) is 0.208. The smallest absolute Gasteiger partial charge is 0.264 e. The molecule has 8 heteroatoms. The van der Waals surface area contributed by atoms with Crippen LogP contribution in [0.2, 0.25) is 10.0 Å². The first-order valence-corrected chi connectivity index (χ1v) is 12.3. The number of hydrogen-bond donors (Lipinski definition) is 1. The molecular weight excluding hydrogens is 467 g/mol. The van der Waals surface area contributed by atoms with E-state index >= 15 is 0 Å². The van der Waals surface area contributed by atoms with Crippen molar-refractivity contribution in [3.8, 4) is 0 Å². The van der Waals surface area contributed by atoms with Gasteiger partial charge in [-0.1, -0.05) is 77.3 Å². The van der Waals surface area contributed by atoms with Gasteiger partial charge in [-0.2, -0.15) is 0 Å². The molecule has 0 aliphatic rings. The van der Waals surface area contributed by atoms with Crippen LogP contribution in [0.5, 0.6) is 0 Å². The van der Waals surface area contributed by atoms with Crippen molar-refractivity contribution in [2.24, 2.45) is 0 Å². The van der Waals surface area contributed by atoms with Crippen molar-refractivity contribution in [1.82, 2.24) is 5.32 Å². The van der Waals surface area contributed by atoms with E-state index in [2.05, 4.69) is 29.6 Å². The number of amides is 1. The number of carbonyl (C=O) groups is 1. The van der Waals surface area contributed by atoms with E-state index in [0.29, 0.717) is 6.54 Å². The molecule has 3 aromatic carbocycles. The van der Waals surface area contributed by atoms with Crippen molar-refractivity contribution in [2.75, 3.05) is 17.4 Å². The highest BCUT2D eigenvalue weighted by Crippen LogP contribution is 2.35. The molecule has 5 nitrogen and oxygen atoms in total. The summed E-state index contributed by atoms with van der Waals surface area (Å²) in [7, 11) is -4.04. The van der Waals surface area contributed by atoms with Gasteiger partial charge in [0.2, 0.25) is 5.91 Å². The average molecular weight is 491 g/mol. The van der Waals surface area contributed by atoms with Crippen molar-refractivity contribution in [3.05, 3.63) is 94.0 Å². The van der Waals surface area contributed by atoms with Crippen LogP contribution in [0.3, 0.4) is 0 Å². The number of nitrogens with one attached hydrogen (secondary N) is 1. The lowest BCUT2D eigenvalue weighted by atomic mass is 10.1. The molecule has 1 N–H and O–H groups in total. The molecule has 0 aromatic heterocycles. The summed E-state index contributed by atoms with van der Waals surface area (Å²) in [6.45, 7) is 2.04. The zero-order chi connectivity index (χ0) is 23.1. The summed E-state index contributed by atoms with van der Waals surface area (Å²) in [6.07, 6.45) is 1.55. The van der Waals surface area contributed by atoms with Crippen LogP contribution in [0.4, 0.5) is 5.69 Å². The van der Waals surface area contributed by atoms with Gasteiger partial charge in [-0.25, -0.2) is 8.42 Å². The number of nitrogens with zero attached hydrogens (tertiary/aromatic N) is 1. The van der Waals surface area contributed by atoms with Gasteiger partial charge in [0.1, 0.15) is 6.54 Å². The van der Waals surface area contributed by atoms with E-state index in [4.69, 9.17) is 23.2 Å². The minimum atomic E-state index is -4.04. The van der Waals surface area contributed by atoms with E-state index in [0.717, 1.165) is 17.1 Å². The second-order valence-electron chi connectivity index (χ2n) is 7.34. The zero-order valence-corrected chi connectivity index (χ0v) is 19.9. The fourth-order valence-electron chi connectivity index (χ4n) is 3.17. The van der Waals surface area contributed by atoms with Crippen LogP contribution in [0.25, 0.3) is 0 Å². The molecule has 0 unspecified atom stereocenters. The maximum absolute atomic E-state index is 13.3. The van der Waals surface area contributed by atoms with E-state index in [-0.39, 0.29) is 20.6 Å². The number of hydrogen-bond acceptors (Lipinski definition) is 3. The van der Waals surface area contributed by atoms with Gasteiger partial charge >= 0.3 is 0 Å². The number of aryl methyl sites for hydroxylation is 2. The highest BCUT2D eigenvalue weighted by molar-refractivity contribution is 7.92. The maximum Gasteiger partial charge on any atom is 0.264 e. The predicted octanol–water partition coefficient (Wildman–Crippen LogP) is 5.25. The first-order valence-electron chi connectivity index (χ1n) is 10.1. The average Bonchev–Trinajstić information content (AvgIpc) is 2.79. The van der Waals surface area contributed by atoms with Gasteiger partial charge in [0.15, 0.2) is 0 Å². The van der Waals surface area contributed by atoms with E-state index in [1.807, 2.05) is 6.92 Å². The third-order valence-corrected chi connectivity index (χ3v) is 7.49. The minimum absolute atomic E-state index is 0.0585. The second kappa shape index (κ2) is 10.9. The molecule has 0 heterocycles. The van der Waals surface area contributed by atoms with Gasteiger partial charge in [-0.15, -0.1) is 0 Å². The third-order valence-electron chi connectivity index (χ3n) is 4.90. The van der Waals surface area contributed by atoms with E-state index in [1.54, 1.807) is 30.3 Å². The summed E-state index contributed by atoms with van der Waals surface area (Å²) < 4.78 is 27.6. The molecule has 0 fully saturated rings. The summed E-state index contributed by atoms with van der Waals surface area (Å²) in [6, 6.07) is 20.8. The van der Waals surface area contributed by atoms with Crippen molar-refractivity contribution in [3.63, 3.8) is 0 Å². The molecule has 168 valence electrons. The van der Waals surface area contributed by atoms with E-state index in [9.17, 15) is 13.2 Å². The number of halogens is 2. The molecular formula is C24H24Cl2N2O3S. The Morgan fingerprint density at radius 1 is 0.938 bits per heavy atom. The Hall–Kier alpha value is -2.54. The van der Waals surface area contributed by atoms with Crippen molar-refractivity contribution in [1.29, 1.82) is 0 Å². The van der Waals surface area contributed by atoms with Gasteiger partial charge in [-0.3, -0.25) is 9.10 Å². The van der Waals surface area contributed by atoms with Crippen LogP contribution in [-0.2, 0) is 21.2 Å². The Kier molecular flexibility index (Phi) is 8.18. The van der Waals surface area contributed by atoms with E-state index < -0.39 is 22.5 Å². The number of anilines is 1. The summed E-state index contributed by atoms with van der Waals surface area (Å²) >= 11 is 12.4. The molecule has 0 saturated heterocycles. The number of sulfonamides is 1. The summed E-state index contributed by atoms with van der Waals surface area (Å²) in [5, 5.41) is 3.08. The van der Waals surface area contributed by atoms with Crippen molar-refractivity contribution >= 4 is 44.8 Å². The molecule has 0 aliphatic heterocycles. The lowest BCUT2D eigenvalue weighted by molar-refractivity contribution is -0.119. The van der Waals surface area contributed by atoms with Gasteiger partial charge < -0.3 is 5.32 Å². The second-order valence-corrected chi connectivity index (χ2v) is 9.98. The quantitative estimate of drug-likeness (QED) is 0.416. The van der Waals surface area contributed by atoms with Crippen LogP contribution >= 0.6 is 23.2 Å². The summed E-state index contributed by atoms with van der Waals surface area (Å²) in [4.78, 5) is 12.7. The van der Waals surface area contributed by atoms with Crippen LogP contribution < -0.4 is 9.62 Å². The zero-order valence-electron chi connectivity index (χ0n) is 17.6. The molecule has 0 bridgehead atoms. The lowest BCUT2D eigenvalue weighted by Gasteiger charge is -2.25. The van der Waals surface area contributed by atoms with Gasteiger partial charge in [0, 0.05) is 6.54 Å². The van der Waals surface area contributed by atoms with Gasteiger partial charge in [0.05, 0.1) is 20.6 Å². The monoisotopic (exact) mass is 490 g/mol. The first-order chi connectivity index (χ1) is 15.3. The van der Waals surface area contributed by atoms with Crippen LogP contribution in [-0.4, -0.2) is 27.4 Å². The van der Waals surface area contributed by atoms with Gasteiger partial charge in [0.25, 0.3) is 10.0 Å². The van der Waals surface area contributed by atoms with Crippen LogP contribution in [0.15, 0.2) is 77.7 Å². The highest BCUT2D eigenvalue weighted by atomic mass is 35.5. The predicted molar refractivity (Wildman–Crippen MR) is 130 cm³/mol. The van der Waals surface area contributed by atoms with Gasteiger partial charge in [-0.05, 0) is 49.6 Å². The molecule has 0 radical (unpaired) electrons. The standard InChI is InChI=1S/C24H24Cl2N2O3S/c1-18-12-14-19(15-13-18)7-6-16-27-23(29)17-28(22-11-5-10-21(25)24(22)26)32(30,31)20-8-3-2-4-9-20/h2-5,8-15H,6-7,16-17H2,1H3,(H,27,29). The minimum Gasteiger partial charge on any atom is -0.355 e.